The SMILES string of the molecule is COC(=O)C(CC(C)C)NC(=O)C(N)CC(N)=O. The average Bonchev–Trinajstić information content (AvgIpc) is 2.25. The van der Waals surface area contributed by atoms with Crippen LogP contribution in [0.4, 0.5) is 0 Å². The van der Waals surface area contributed by atoms with Crippen LogP contribution in [0.15, 0.2) is 0 Å². The highest BCUT2D eigenvalue weighted by Gasteiger charge is 2.25. The van der Waals surface area contributed by atoms with Crippen LogP contribution in [0, 0.1) is 5.92 Å². The van der Waals surface area contributed by atoms with Gasteiger partial charge in [0.2, 0.25) is 11.8 Å². The van der Waals surface area contributed by atoms with Crippen LogP contribution in [0.3, 0.4) is 0 Å². The van der Waals surface area contributed by atoms with E-state index in [1.807, 2.05) is 13.8 Å². The van der Waals surface area contributed by atoms with Gasteiger partial charge in [0.15, 0.2) is 0 Å². The largest absolute Gasteiger partial charge is 0.467 e. The molecular formula is C11H21N3O4. The Kier molecular flexibility index (Phi) is 6.96. The van der Waals surface area contributed by atoms with Crippen molar-refractivity contribution in [2.24, 2.45) is 17.4 Å². The number of amides is 2. The van der Waals surface area contributed by atoms with Crippen molar-refractivity contribution in [3.8, 4) is 0 Å². The van der Waals surface area contributed by atoms with E-state index in [0.717, 1.165) is 0 Å². The van der Waals surface area contributed by atoms with Gasteiger partial charge >= 0.3 is 5.97 Å². The van der Waals surface area contributed by atoms with Gasteiger partial charge in [0, 0.05) is 0 Å². The standard InChI is InChI=1S/C11H21N3O4/c1-6(2)4-8(11(17)18-3)14-10(16)7(12)5-9(13)15/h6-8H,4-5,12H2,1-3H3,(H2,13,15)(H,14,16). The second kappa shape index (κ2) is 7.65. The Hall–Kier alpha value is -1.63. The molecule has 0 rings (SSSR count). The topological polar surface area (TPSA) is 125 Å². The third-order valence-corrected chi connectivity index (χ3v) is 2.27. The van der Waals surface area contributed by atoms with Crippen LogP contribution >= 0.6 is 0 Å². The fourth-order valence-electron chi connectivity index (χ4n) is 1.42. The zero-order chi connectivity index (χ0) is 14.3. The van der Waals surface area contributed by atoms with E-state index in [0.29, 0.717) is 6.42 Å². The maximum Gasteiger partial charge on any atom is 0.328 e. The maximum absolute atomic E-state index is 11.6. The van der Waals surface area contributed by atoms with Gasteiger partial charge in [-0.05, 0) is 12.3 Å². The predicted octanol–water partition coefficient (Wildman–Crippen LogP) is -1.11. The highest BCUT2D eigenvalue weighted by molar-refractivity contribution is 5.90. The molecule has 7 heteroatoms. The zero-order valence-corrected chi connectivity index (χ0v) is 10.9. The minimum atomic E-state index is -1.05. The highest BCUT2D eigenvalue weighted by Crippen LogP contribution is 2.06. The molecule has 0 aromatic carbocycles. The van der Waals surface area contributed by atoms with Gasteiger partial charge in [-0.1, -0.05) is 13.8 Å². The van der Waals surface area contributed by atoms with Gasteiger partial charge < -0.3 is 21.5 Å². The van der Waals surface area contributed by atoms with Gasteiger partial charge in [-0.3, -0.25) is 9.59 Å². The Morgan fingerprint density at radius 2 is 1.83 bits per heavy atom. The summed E-state index contributed by atoms with van der Waals surface area (Å²) in [6.07, 6.45) is 0.170. The number of carbonyl (C=O) groups excluding carboxylic acids is 3. The molecule has 18 heavy (non-hydrogen) atoms. The van der Waals surface area contributed by atoms with Gasteiger partial charge in [-0.2, -0.15) is 0 Å². The van der Waals surface area contributed by atoms with Crippen LogP contribution in [0.25, 0.3) is 0 Å². The number of hydrogen-bond donors (Lipinski definition) is 3. The van der Waals surface area contributed by atoms with Gasteiger partial charge in [0.05, 0.1) is 19.6 Å². The minimum absolute atomic E-state index is 0.196. The highest BCUT2D eigenvalue weighted by atomic mass is 16.5. The van der Waals surface area contributed by atoms with E-state index in [1.54, 1.807) is 0 Å². The smallest absolute Gasteiger partial charge is 0.328 e. The molecule has 2 atom stereocenters. The van der Waals surface area contributed by atoms with E-state index in [9.17, 15) is 14.4 Å². The third-order valence-electron chi connectivity index (χ3n) is 2.27. The Morgan fingerprint density at radius 3 is 2.22 bits per heavy atom. The molecule has 0 radical (unpaired) electrons. The summed E-state index contributed by atoms with van der Waals surface area (Å²) in [6.45, 7) is 3.82. The molecule has 0 aliphatic rings. The van der Waals surface area contributed by atoms with Crippen molar-refractivity contribution in [3.63, 3.8) is 0 Å². The summed E-state index contributed by atoms with van der Waals surface area (Å²) in [7, 11) is 1.24. The quantitative estimate of drug-likeness (QED) is 0.500. The molecule has 0 heterocycles. The van der Waals surface area contributed by atoms with E-state index in [2.05, 4.69) is 10.1 Å². The first-order chi connectivity index (χ1) is 8.27. The van der Waals surface area contributed by atoms with Crippen molar-refractivity contribution in [1.29, 1.82) is 0 Å². The number of rotatable bonds is 7. The maximum atomic E-state index is 11.6. The number of esters is 1. The molecule has 2 amide bonds. The number of carbonyl (C=O) groups is 3. The van der Waals surface area contributed by atoms with Crippen LogP contribution in [-0.4, -0.2) is 37.0 Å². The molecule has 5 N–H and O–H groups in total. The van der Waals surface area contributed by atoms with Crippen molar-refractivity contribution < 1.29 is 19.1 Å². The summed E-state index contributed by atoms with van der Waals surface area (Å²) in [5, 5.41) is 2.46. The normalized spacial score (nSPS) is 13.8. The number of hydrogen-bond acceptors (Lipinski definition) is 5. The summed E-state index contributed by atoms with van der Waals surface area (Å²) >= 11 is 0. The first-order valence-corrected chi connectivity index (χ1v) is 5.70. The molecule has 7 nitrogen and oxygen atoms in total. The zero-order valence-electron chi connectivity index (χ0n) is 10.9. The van der Waals surface area contributed by atoms with Crippen molar-refractivity contribution in [2.45, 2.75) is 38.8 Å². The Labute approximate surface area is 106 Å². The van der Waals surface area contributed by atoms with Crippen LogP contribution in [0.2, 0.25) is 0 Å². The van der Waals surface area contributed by atoms with E-state index in [1.165, 1.54) is 7.11 Å². The molecule has 0 aromatic rings. The molecule has 0 spiro atoms. The van der Waals surface area contributed by atoms with E-state index in [-0.39, 0.29) is 12.3 Å². The summed E-state index contributed by atoms with van der Waals surface area (Å²) in [5.41, 5.74) is 10.4. The monoisotopic (exact) mass is 259 g/mol. The molecule has 0 saturated heterocycles. The van der Waals surface area contributed by atoms with Crippen LogP contribution in [0.1, 0.15) is 26.7 Å². The van der Waals surface area contributed by atoms with E-state index < -0.39 is 29.9 Å². The lowest BCUT2D eigenvalue weighted by molar-refractivity contribution is -0.145. The summed E-state index contributed by atoms with van der Waals surface area (Å²) in [6, 6.07) is -1.82. The molecule has 0 aromatic heterocycles. The van der Waals surface area contributed by atoms with Gasteiger partial charge in [0.1, 0.15) is 6.04 Å². The molecule has 104 valence electrons. The fourth-order valence-corrected chi connectivity index (χ4v) is 1.42. The van der Waals surface area contributed by atoms with Gasteiger partial charge in [-0.25, -0.2) is 4.79 Å². The van der Waals surface area contributed by atoms with Crippen LogP contribution in [-0.2, 0) is 19.1 Å². The lowest BCUT2D eigenvalue weighted by Crippen LogP contribution is -2.50. The minimum Gasteiger partial charge on any atom is -0.467 e. The molecule has 0 bridgehead atoms. The van der Waals surface area contributed by atoms with Crippen molar-refractivity contribution in [3.05, 3.63) is 0 Å². The van der Waals surface area contributed by atoms with Crippen LogP contribution in [0.5, 0.6) is 0 Å². The number of ether oxygens (including phenoxy) is 1. The second-order valence-electron chi connectivity index (χ2n) is 4.49. The third kappa shape index (κ3) is 6.19. The number of methoxy groups -OCH3 is 1. The lowest BCUT2D eigenvalue weighted by Gasteiger charge is -2.20. The van der Waals surface area contributed by atoms with E-state index in [4.69, 9.17) is 11.5 Å². The van der Waals surface area contributed by atoms with E-state index >= 15 is 0 Å². The van der Waals surface area contributed by atoms with Crippen molar-refractivity contribution in [1.82, 2.24) is 5.32 Å². The molecule has 0 fully saturated rings. The Balaban J connectivity index is 4.52. The van der Waals surface area contributed by atoms with Gasteiger partial charge in [-0.15, -0.1) is 0 Å². The molecule has 0 saturated carbocycles. The molecule has 0 aliphatic carbocycles. The Morgan fingerprint density at radius 1 is 1.28 bits per heavy atom. The molecule has 2 unspecified atom stereocenters. The van der Waals surface area contributed by atoms with Crippen molar-refractivity contribution >= 4 is 17.8 Å². The fraction of sp³-hybridized carbons (Fsp3) is 0.727. The number of nitrogens with two attached hydrogens (primary N) is 2. The first kappa shape index (κ1) is 16.4. The molecule has 0 aliphatic heterocycles. The van der Waals surface area contributed by atoms with Gasteiger partial charge in [0.25, 0.3) is 0 Å². The lowest BCUT2D eigenvalue weighted by atomic mass is 10.0. The summed E-state index contributed by atoms with van der Waals surface area (Å²) in [4.78, 5) is 33.7. The number of nitrogens with one attached hydrogen (secondary N) is 1. The predicted molar refractivity (Wildman–Crippen MR) is 65.2 cm³/mol. The first-order valence-electron chi connectivity index (χ1n) is 5.70. The average molecular weight is 259 g/mol. The molecular weight excluding hydrogens is 238 g/mol. The van der Waals surface area contributed by atoms with Crippen molar-refractivity contribution in [2.75, 3.05) is 7.11 Å². The number of primary amides is 1. The van der Waals surface area contributed by atoms with Crippen LogP contribution < -0.4 is 16.8 Å². The summed E-state index contributed by atoms with van der Waals surface area (Å²) < 4.78 is 4.59. The second-order valence-corrected chi connectivity index (χ2v) is 4.49. The Bertz CT molecular complexity index is 317. The summed E-state index contributed by atoms with van der Waals surface area (Å²) in [5.74, 6) is -1.61.